The second kappa shape index (κ2) is 11.4. The highest BCUT2D eigenvalue weighted by Crippen LogP contribution is 2.19. The lowest BCUT2D eigenvalue weighted by atomic mass is 9.92. The Kier molecular flexibility index (Phi) is 11.9. The smallest absolute Gasteiger partial charge is 0.0191 e. The second-order valence-electron chi connectivity index (χ2n) is 5.44. The maximum Gasteiger partial charge on any atom is -0.0191 e. The summed E-state index contributed by atoms with van der Waals surface area (Å²) in [6, 6.07) is 6.81. The lowest BCUT2D eigenvalue weighted by molar-refractivity contribution is 0.676. The fourth-order valence-corrected chi connectivity index (χ4v) is 2.03. The maximum atomic E-state index is 2.32. The van der Waals surface area contributed by atoms with E-state index in [9.17, 15) is 0 Å². The van der Waals surface area contributed by atoms with Crippen molar-refractivity contribution in [3.8, 4) is 0 Å². The molecule has 1 rings (SSSR count). The SMILES string of the molecule is C.C/C=C(C)\C=C(/C)C(C)Cc1ccc(C)c(C)c1.CC. The number of allylic oxidation sites excluding steroid dienone is 4. The van der Waals surface area contributed by atoms with E-state index in [2.05, 4.69) is 71.9 Å². The highest BCUT2D eigenvalue weighted by molar-refractivity contribution is 5.31. The molecule has 1 aromatic rings. The van der Waals surface area contributed by atoms with E-state index in [-0.39, 0.29) is 7.43 Å². The molecule has 0 aliphatic rings. The molecule has 0 N–H and O–H groups in total. The summed E-state index contributed by atoms with van der Waals surface area (Å²) in [5.74, 6) is 0.599. The van der Waals surface area contributed by atoms with Crippen LogP contribution in [-0.2, 0) is 6.42 Å². The summed E-state index contributed by atoms with van der Waals surface area (Å²) in [6.45, 7) is 17.2. The fourth-order valence-electron chi connectivity index (χ4n) is 2.03. The third-order valence-electron chi connectivity index (χ3n) is 3.80. The van der Waals surface area contributed by atoms with Crippen molar-refractivity contribution in [2.75, 3.05) is 0 Å². The Morgan fingerprint density at radius 3 is 2.14 bits per heavy atom. The Balaban J connectivity index is 0. The summed E-state index contributed by atoms with van der Waals surface area (Å²) in [5.41, 5.74) is 7.02. The van der Waals surface area contributed by atoms with Gasteiger partial charge in [-0.2, -0.15) is 0 Å². The molecule has 0 nitrogen and oxygen atoms in total. The normalized spacial score (nSPS) is 13.0. The zero-order valence-corrected chi connectivity index (χ0v) is 14.7. The van der Waals surface area contributed by atoms with Crippen LogP contribution in [0.25, 0.3) is 0 Å². The third-order valence-corrected chi connectivity index (χ3v) is 3.80. The van der Waals surface area contributed by atoms with Crippen LogP contribution in [0.1, 0.15) is 65.7 Å². The first-order valence-corrected chi connectivity index (χ1v) is 7.81. The molecule has 0 aliphatic heterocycles. The van der Waals surface area contributed by atoms with Crippen molar-refractivity contribution >= 4 is 0 Å². The van der Waals surface area contributed by atoms with Gasteiger partial charge in [0, 0.05) is 0 Å². The molecule has 0 radical (unpaired) electrons. The van der Waals surface area contributed by atoms with Gasteiger partial charge >= 0.3 is 0 Å². The Hall–Kier alpha value is -1.30. The molecule has 1 atom stereocenters. The van der Waals surface area contributed by atoms with Gasteiger partial charge in [-0.1, -0.05) is 69.7 Å². The average Bonchev–Trinajstić information content (AvgIpc) is 2.44. The Labute approximate surface area is 134 Å². The van der Waals surface area contributed by atoms with Crippen molar-refractivity contribution in [3.05, 3.63) is 58.2 Å². The van der Waals surface area contributed by atoms with Crippen molar-refractivity contribution in [1.82, 2.24) is 0 Å². The average molecular weight is 289 g/mol. The van der Waals surface area contributed by atoms with Gasteiger partial charge < -0.3 is 0 Å². The van der Waals surface area contributed by atoms with Crippen LogP contribution >= 0.6 is 0 Å². The summed E-state index contributed by atoms with van der Waals surface area (Å²) < 4.78 is 0. The summed E-state index contributed by atoms with van der Waals surface area (Å²) in [7, 11) is 0. The first-order chi connectivity index (χ1) is 9.43. The minimum absolute atomic E-state index is 0. The molecule has 0 heteroatoms. The minimum atomic E-state index is 0. The van der Waals surface area contributed by atoms with Crippen molar-refractivity contribution < 1.29 is 0 Å². The summed E-state index contributed by atoms with van der Waals surface area (Å²) in [4.78, 5) is 0. The number of rotatable bonds is 4. The molecule has 0 aliphatic carbocycles. The molecule has 0 saturated heterocycles. The highest BCUT2D eigenvalue weighted by atomic mass is 14.1. The van der Waals surface area contributed by atoms with Gasteiger partial charge in [0.2, 0.25) is 0 Å². The highest BCUT2D eigenvalue weighted by Gasteiger charge is 2.06. The van der Waals surface area contributed by atoms with E-state index < -0.39 is 0 Å². The van der Waals surface area contributed by atoms with E-state index in [4.69, 9.17) is 0 Å². The topological polar surface area (TPSA) is 0 Å². The minimum Gasteiger partial charge on any atom is -0.0847 e. The lowest BCUT2D eigenvalue weighted by Crippen LogP contribution is -2.02. The van der Waals surface area contributed by atoms with Crippen LogP contribution in [0.15, 0.2) is 41.5 Å². The monoisotopic (exact) mass is 288 g/mol. The molecule has 21 heavy (non-hydrogen) atoms. The van der Waals surface area contributed by atoms with E-state index >= 15 is 0 Å². The number of hydrogen-bond acceptors (Lipinski definition) is 0. The number of benzene rings is 1. The zero-order valence-electron chi connectivity index (χ0n) is 14.7. The molecule has 0 bridgehead atoms. The molecule has 0 saturated carbocycles. The van der Waals surface area contributed by atoms with E-state index in [1.54, 1.807) is 0 Å². The van der Waals surface area contributed by atoms with Gasteiger partial charge in [-0.25, -0.2) is 0 Å². The maximum absolute atomic E-state index is 2.32. The van der Waals surface area contributed by atoms with Gasteiger partial charge in [0.1, 0.15) is 0 Å². The standard InChI is InChI=1S/C18H26.C2H6.CH4/c1-7-13(2)10-15(4)17(6)12-18-9-8-14(3)16(5)11-18;1-2;/h7-11,17H,12H2,1-6H3;1-2H3;1H4/b13-7-,15-10+;;. The van der Waals surface area contributed by atoms with Crippen molar-refractivity contribution in [3.63, 3.8) is 0 Å². The van der Waals surface area contributed by atoms with Gasteiger partial charge in [-0.15, -0.1) is 0 Å². The first kappa shape index (κ1) is 22.0. The van der Waals surface area contributed by atoms with Crippen LogP contribution in [0.3, 0.4) is 0 Å². The van der Waals surface area contributed by atoms with Gasteiger partial charge in [0.25, 0.3) is 0 Å². The molecular weight excluding hydrogens is 252 g/mol. The molecule has 0 heterocycles. The van der Waals surface area contributed by atoms with Gasteiger partial charge in [-0.3, -0.25) is 0 Å². The van der Waals surface area contributed by atoms with Gasteiger partial charge in [-0.05, 0) is 63.6 Å². The van der Waals surface area contributed by atoms with Crippen molar-refractivity contribution in [2.24, 2.45) is 5.92 Å². The molecule has 0 spiro atoms. The predicted molar refractivity (Wildman–Crippen MR) is 100 cm³/mol. The Bertz CT molecular complexity index is 461. The Morgan fingerprint density at radius 1 is 1.10 bits per heavy atom. The van der Waals surface area contributed by atoms with Crippen LogP contribution in [0.2, 0.25) is 0 Å². The molecular formula is C21H36. The van der Waals surface area contributed by atoms with E-state index in [1.165, 1.54) is 27.8 Å². The molecule has 120 valence electrons. The second-order valence-corrected chi connectivity index (χ2v) is 5.44. The largest absolute Gasteiger partial charge is 0.0847 e. The zero-order chi connectivity index (χ0) is 15.7. The van der Waals surface area contributed by atoms with Crippen LogP contribution in [0, 0.1) is 19.8 Å². The molecule has 1 unspecified atom stereocenters. The summed E-state index contributed by atoms with van der Waals surface area (Å²) in [5, 5.41) is 0. The van der Waals surface area contributed by atoms with Crippen molar-refractivity contribution in [1.29, 1.82) is 0 Å². The molecule has 0 fully saturated rings. The lowest BCUT2D eigenvalue weighted by Gasteiger charge is -2.14. The molecule has 1 aromatic carbocycles. The number of hydrogen-bond donors (Lipinski definition) is 0. The number of aryl methyl sites for hydroxylation is 2. The van der Waals surface area contributed by atoms with Gasteiger partial charge in [0.05, 0.1) is 0 Å². The Morgan fingerprint density at radius 2 is 1.67 bits per heavy atom. The molecule has 0 amide bonds. The summed E-state index contributed by atoms with van der Waals surface area (Å²) >= 11 is 0. The van der Waals surface area contributed by atoms with Crippen LogP contribution < -0.4 is 0 Å². The van der Waals surface area contributed by atoms with E-state index in [0.717, 1.165) is 6.42 Å². The van der Waals surface area contributed by atoms with E-state index in [0.29, 0.717) is 5.92 Å². The summed E-state index contributed by atoms with van der Waals surface area (Å²) in [6.07, 6.45) is 5.58. The van der Waals surface area contributed by atoms with Gasteiger partial charge in [0.15, 0.2) is 0 Å². The molecule has 0 aromatic heterocycles. The first-order valence-electron chi connectivity index (χ1n) is 7.81. The van der Waals surface area contributed by atoms with Crippen molar-refractivity contribution in [2.45, 2.75) is 69.2 Å². The third kappa shape index (κ3) is 7.90. The fraction of sp³-hybridized carbons (Fsp3) is 0.524. The van der Waals surface area contributed by atoms with Crippen LogP contribution in [-0.4, -0.2) is 0 Å². The van der Waals surface area contributed by atoms with Crippen LogP contribution in [0.5, 0.6) is 0 Å². The van der Waals surface area contributed by atoms with Crippen LogP contribution in [0.4, 0.5) is 0 Å². The van der Waals surface area contributed by atoms with E-state index in [1.807, 2.05) is 13.8 Å². The quantitative estimate of drug-likeness (QED) is 0.520. The predicted octanol–water partition coefficient (Wildman–Crippen LogP) is 7.06.